The molecule has 0 spiro atoms. The Bertz CT molecular complexity index is 554. The van der Waals surface area contributed by atoms with E-state index in [1.807, 2.05) is 31.2 Å². The van der Waals surface area contributed by atoms with E-state index in [1.54, 1.807) is 17.0 Å². The van der Waals surface area contributed by atoms with Crippen molar-refractivity contribution in [2.75, 3.05) is 6.54 Å². The number of hydrogen-bond acceptors (Lipinski definition) is 3. The van der Waals surface area contributed by atoms with E-state index < -0.39 is 5.41 Å². The fraction of sp³-hybridized carbons (Fsp3) is 0.375. The molecule has 1 amide bonds. The number of amides is 1. The smallest absolute Gasteiger partial charge is 0.410 e. The van der Waals surface area contributed by atoms with Crippen LogP contribution in [0.2, 0.25) is 0 Å². The summed E-state index contributed by atoms with van der Waals surface area (Å²) < 4.78 is 5.38. The number of carbonyl (C=O) groups is 2. The number of para-hydroxylation sites is 1. The first-order valence-electron chi connectivity index (χ1n) is 6.80. The van der Waals surface area contributed by atoms with Crippen molar-refractivity contribution in [2.24, 2.45) is 11.3 Å². The fourth-order valence-corrected chi connectivity index (χ4v) is 3.14. The Morgan fingerprint density at radius 1 is 1.35 bits per heavy atom. The summed E-state index contributed by atoms with van der Waals surface area (Å²) in [5, 5.41) is 0. The highest BCUT2D eigenvalue weighted by atomic mass is 16.6. The molecule has 2 aliphatic heterocycles. The van der Waals surface area contributed by atoms with Crippen LogP contribution in [0.4, 0.5) is 4.79 Å². The van der Waals surface area contributed by atoms with E-state index in [1.165, 1.54) is 0 Å². The molecule has 20 heavy (non-hydrogen) atoms. The summed E-state index contributed by atoms with van der Waals surface area (Å²) in [6.45, 7) is 2.53. The Balaban J connectivity index is 1.79. The molecule has 1 fully saturated rings. The number of nitrogens with zero attached hydrogens (tertiary/aromatic N) is 1. The first kappa shape index (κ1) is 12.9. The highest BCUT2D eigenvalue weighted by molar-refractivity contribution is 5.74. The second-order valence-corrected chi connectivity index (χ2v) is 5.75. The zero-order valence-corrected chi connectivity index (χ0v) is 11.4. The van der Waals surface area contributed by atoms with Crippen molar-refractivity contribution in [1.82, 2.24) is 4.90 Å². The quantitative estimate of drug-likeness (QED) is 0.613. The molecule has 0 saturated carbocycles. The van der Waals surface area contributed by atoms with Crippen LogP contribution in [-0.2, 0) is 4.79 Å². The molecule has 0 N–H and O–H groups in total. The standard InChI is InChI=1S/C16H17NO3/c1-16(11-18)9-12-7-8-14(16)17(10-12)15(19)20-13-5-3-2-4-6-13/h2-8,11-12,14H,9-10H2,1H3/t12-,14+,16+/m0/s1. The summed E-state index contributed by atoms with van der Waals surface area (Å²) in [4.78, 5) is 25.4. The van der Waals surface area contributed by atoms with Crippen molar-refractivity contribution in [3.05, 3.63) is 42.5 Å². The molecule has 4 rings (SSSR count). The van der Waals surface area contributed by atoms with Gasteiger partial charge in [0.05, 0.1) is 6.04 Å². The third-order valence-electron chi connectivity index (χ3n) is 4.16. The van der Waals surface area contributed by atoms with Crippen LogP contribution in [0.25, 0.3) is 0 Å². The minimum absolute atomic E-state index is 0.207. The number of piperidine rings is 1. The number of aldehydes is 1. The molecule has 1 aromatic carbocycles. The van der Waals surface area contributed by atoms with Crippen molar-refractivity contribution < 1.29 is 14.3 Å². The third kappa shape index (κ3) is 2.11. The molecule has 2 heterocycles. The van der Waals surface area contributed by atoms with Crippen LogP contribution in [-0.4, -0.2) is 29.9 Å². The van der Waals surface area contributed by atoms with Crippen LogP contribution in [0.3, 0.4) is 0 Å². The minimum Gasteiger partial charge on any atom is -0.410 e. The molecule has 0 unspecified atom stereocenters. The lowest BCUT2D eigenvalue weighted by molar-refractivity contribution is -0.121. The van der Waals surface area contributed by atoms with Crippen molar-refractivity contribution >= 4 is 12.4 Å². The predicted octanol–water partition coefficient (Wildman–Crippen LogP) is 2.65. The number of ether oxygens (including phenoxy) is 1. The lowest BCUT2D eigenvalue weighted by atomic mass is 9.68. The molecule has 4 heteroatoms. The van der Waals surface area contributed by atoms with E-state index >= 15 is 0 Å². The predicted molar refractivity (Wildman–Crippen MR) is 74.4 cm³/mol. The van der Waals surface area contributed by atoms with Gasteiger partial charge in [0, 0.05) is 12.0 Å². The van der Waals surface area contributed by atoms with Crippen LogP contribution in [0.15, 0.2) is 42.5 Å². The SMILES string of the molecule is C[C@]1(C=O)C[C@@H]2C=C[C@H]1N(C(=O)Oc1ccccc1)C2. The van der Waals surface area contributed by atoms with E-state index in [-0.39, 0.29) is 18.1 Å². The van der Waals surface area contributed by atoms with Gasteiger partial charge in [0.1, 0.15) is 12.0 Å². The zero-order chi connectivity index (χ0) is 14.2. The van der Waals surface area contributed by atoms with Crippen LogP contribution >= 0.6 is 0 Å². The van der Waals surface area contributed by atoms with E-state index in [2.05, 4.69) is 6.08 Å². The Kier molecular flexibility index (Phi) is 3.08. The molecule has 0 aromatic heterocycles. The Labute approximate surface area is 118 Å². The van der Waals surface area contributed by atoms with Gasteiger partial charge in [0.15, 0.2) is 0 Å². The maximum Gasteiger partial charge on any atom is 0.415 e. The van der Waals surface area contributed by atoms with Gasteiger partial charge >= 0.3 is 6.09 Å². The van der Waals surface area contributed by atoms with Crippen LogP contribution < -0.4 is 4.74 Å². The van der Waals surface area contributed by atoms with E-state index in [9.17, 15) is 9.59 Å². The molecular weight excluding hydrogens is 254 g/mol. The molecule has 2 bridgehead atoms. The Morgan fingerprint density at radius 3 is 2.75 bits per heavy atom. The molecule has 1 aliphatic carbocycles. The lowest BCUT2D eigenvalue weighted by Gasteiger charge is -2.49. The first-order chi connectivity index (χ1) is 9.62. The van der Waals surface area contributed by atoms with Crippen LogP contribution in [0, 0.1) is 11.3 Å². The minimum atomic E-state index is -0.507. The van der Waals surface area contributed by atoms with Gasteiger partial charge in [0.2, 0.25) is 0 Å². The number of rotatable bonds is 2. The maximum atomic E-state index is 12.3. The summed E-state index contributed by atoms with van der Waals surface area (Å²) in [5.41, 5.74) is -0.507. The summed E-state index contributed by atoms with van der Waals surface area (Å²) in [5.74, 6) is 0.759. The van der Waals surface area contributed by atoms with Gasteiger partial charge in [-0.25, -0.2) is 4.79 Å². The summed E-state index contributed by atoms with van der Waals surface area (Å²) in [6, 6.07) is 8.79. The molecular formula is C16H17NO3. The van der Waals surface area contributed by atoms with Crippen molar-refractivity contribution in [2.45, 2.75) is 19.4 Å². The second-order valence-electron chi connectivity index (χ2n) is 5.75. The third-order valence-corrected chi connectivity index (χ3v) is 4.16. The van der Waals surface area contributed by atoms with E-state index in [0.717, 1.165) is 12.7 Å². The Morgan fingerprint density at radius 2 is 2.10 bits per heavy atom. The normalized spacial score (nSPS) is 31.1. The molecule has 0 radical (unpaired) electrons. The van der Waals surface area contributed by atoms with Crippen molar-refractivity contribution in [3.63, 3.8) is 0 Å². The summed E-state index contributed by atoms with van der Waals surface area (Å²) in [6.07, 6.45) is 5.44. The van der Waals surface area contributed by atoms with Gasteiger partial charge in [-0.2, -0.15) is 0 Å². The maximum absolute atomic E-state index is 12.3. The number of hydrogen-bond donors (Lipinski definition) is 0. The van der Waals surface area contributed by atoms with Gasteiger partial charge in [-0.1, -0.05) is 37.3 Å². The van der Waals surface area contributed by atoms with Gasteiger partial charge < -0.3 is 9.53 Å². The zero-order valence-electron chi connectivity index (χ0n) is 11.4. The monoisotopic (exact) mass is 271 g/mol. The highest BCUT2D eigenvalue weighted by Crippen LogP contribution is 2.42. The molecule has 3 aliphatic rings. The van der Waals surface area contributed by atoms with Gasteiger partial charge in [-0.15, -0.1) is 0 Å². The molecule has 104 valence electrons. The lowest BCUT2D eigenvalue weighted by Crippen LogP contribution is -2.58. The van der Waals surface area contributed by atoms with Crippen LogP contribution in [0.5, 0.6) is 5.75 Å². The average molecular weight is 271 g/mol. The Hall–Kier alpha value is -2.10. The number of fused-ring (bicyclic) bond motifs is 2. The highest BCUT2D eigenvalue weighted by Gasteiger charge is 2.48. The summed E-state index contributed by atoms with van der Waals surface area (Å²) >= 11 is 0. The topological polar surface area (TPSA) is 46.6 Å². The molecule has 3 atom stereocenters. The summed E-state index contributed by atoms with van der Waals surface area (Å²) in [7, 11) is 0. The van der Waals surface area contributed by atoms with E-state index in [4.69, 9.17) is 4.74 Å². The van der Waals surface area contributed by atoms with Gasteiger partial charge in [0.25, 0.3) is 0 Å². The molecule has 1 aromatic rings. The fourth-order valence-electron chi connectivity index (χ4n) is 3.14. The van der Waals surface area contributed by atoms with Gasteiger partial charge in [-0.3, -0.25) is 4.90 Å². The number of carbonyl (C=O) groups excluding carboxylic acids is 2. The first-order valence-corrected chi connectivity index (χ1v) is 6.80. The molecule has 1 saturated heterocycles. The second kappa shape index (κ2) is 4.78. The number of benzene rings is 1. The van der Waals surface area contributed by atoms with Crippen molar-refractivity contribution in [1.29, 1.82) is 0 Å². The largest absolute Gasteiger partial charge is 0.415 e. The van der Waals surface area contributed by atoms with Gasteiger partial charge in [-0.05, 0) is 24.5 Å². The molecule has 4 nitrogen and oxygen atoms in total. The van der Waals surface area contributed by atoms with Crippen molar-refractivity contribution in [3.8, 4) is 5.75 Å². The van der Waals surface area contributed by atoms with Crippen LogP contribution in [0.1, 0.15) is 13.3 Å². The van der Waals surface area contributed by atoms with E-state index in [0.29, 0.717) is 12.3 Å². The average Bonchev–Trinajstić information content (AvgIpc) is 2.48.